The Bertz CT molecular complexity index is 4130. The molecule has 0 unspecified atom stereocenters. The summed E-state index contributed by atoms with van der Waals surface area (Å²) in [5.74, 6) is -23.0. The zero-order valence-corrected chi connectivity index (χ0v) is 49.8. The molecule has 0 atom stereocenters. The zero-order valence-electron chi connectivity index (χ0n) is 46.5. The van der Waals surface area contributed by atoms with E-state index < -0.39 is 80.1 Å². The molecule has 0 bridgehead atoms. The number of benzene rings is 6. The third kappa shape index (κ3) is 9.85. The predicted molar refractivity (Wildman–Crippen MR) is 334 cm³/mol. The van der Waals surface area contributed by atoms with Crippen molar-refractivity contribution in [3.05, 3.63) is 246 Å². The van der Waals surface area contributed by atoms with Gasteiger partial charge in [-0.15, -0.1) is 45.3 Å². The number of para-hydroxylation sites is 4. The molecular weight excluding hydrogens is 1230 g/mol. The van der Waals surface area contributed by atoms with Gasteiger partial charge in [0.1, 0.15) is 0 Å². The Morgan fingerprint density at radius 2 is 0.534 bits per heavy atom. The van der Waals surface area contributed by atoms with Crippen molar-refractivity contribution in [1.82, 2.24) is 0 Å². The smallest absolute Gasteiger partial charge is 0.311 e. The summed E-state index contributed by atoms with van der Waals surface area (Å²) in [6.07, 6.45) is 0. The molecule has 442 valence electrons. The van der Waals surface area contributed by atoms with Crippen LogP contribution in [0, 0.1) is 51.4 Å². The molecule has 6 aromatic carbocycles. The van der Waals surface area contributed by atoms with Gasteiger partial charge < -0.3 is 9.80 Å². The van der Waals surface area contributed by atoms with E-state index in [4.69, 9.17) is 0 Å². The molecule has 4 aromatic heterocycles. The highest BCUT2D eigenvalue weighted by Crippen LogP contribution is 2.68. The summed E-state index contributed by atoms with van der Waals surface area (Å²) in [4.78, 5) is 4.71. The van der Waals surface area contributed by atoms with Crippen molar-refractivity contribution in [1.29, 1.82) is 0 Å². The fourth-order valence-electron chi connectivity index (χ4n) is 11.1. The molecule has 0 saturated heterocycles. The molecule has 12 rings (SSSR count). The van der Waals surface area contributed by atoms with E-state index in [0.717, 1.165) is 91.6 Å². The van der Waals surface area contributed by atoms with Gasteiger partial charge in [-0.2, -0.15) is 52.7 Å². The molecular formula is C70H44F12N2S4. The number of hydrogen-bond acceptors (Lipinski definition) is 6. The Kier molecular flexibility index (Phi) is 15.1. The molecule has 18 heteroatoms. The topological polar surface area (TPSA) is 6.48 Å². The number of aryl methyl sites for hydroxylation is 4. The maximum absolute atomic E-state index is 16.2. The Morgan fingerprint density at radius 3 is 0.807 bits per heavy atom. The molecule has 2 nitrogen and oxygen atoms in total. The Hall–Kier alpha value is -8.52. The maximum Gasteiger partial charge on any atom is 0.380 e. The standard InChI is InChI=1S/C70H44F12N2S4/c1-41-55(61-63(67(75,76)69(79,80)65(61,71)72)57-39-59(87-43(57)3)45-29-33-51(34-30-45)83(47-19-9-5-10-20-47)48-21-11-6-12-22-48)37-53(85-41)27-17-18-28-54-38-56(42(2)86-54)62-64(68(77,78)70(81,82)66(62,73)74)58-40-60(88-44(58)4)46-31-35-52(36-32-46)84(49-23-13-7-14-24-49)50-25-15-8-16-26-50/h5-16,19-26,29-40H,1-4H3. The number of nitrogens with zero attached hydrogens (tertiary/aromatic N) is 2. The summed E-state index contributed by atoms with van der Waals surface area (Å²) in [7, 11) is 0. The van der Waals surface area contributed by atoms with Crippen LogP contribution in [0.25, 0.3) is 43.2 Å². The first kappa shape index (κ1) is 59.8. The second kappa shape index (κ2) is 22.3. The first-order valence-electron chi connectivity index (χ1n) is 27.1. The first-order valence-corrected chi connectivity index (χ1v) is 30.4. The van der Waals surface area contributed by atoms with E-state index in [2.05, 4.69) is 23.7 Å². The van der Waals surface area contributed by atoms with Gasteiger partial charge in [-0.05, 0) is 182 Å². The minimum Gasteiger partial charge on any atom is -0.311 e. The zero-order chi connectivity index (χ0) is 62.3. The van der Waals surface area contributed by atoms with Crippen molar-refractivity contribution < 1.29 is 52.7 Å². The molecule has 4 heterocycles. The lowest BCUT2D eigenvalue weighted by Gasteiger charge is -2.25. The molecule has 0 N–H and O–H groups in total. The minimum absolute atomic E-state index is 0.0402. The monoisotopic (exact) mass is 1270 g/mol. The Labute approximate surface area is 514 Å². The van der Waals surface area contributed by atoms with Crippen molar-refractivity contribution in [3.63, 3.8) is 0 Å². The molecule has 0 fully saturated rings. The molecule has 0 saturated carbocycles. The number of allylic oxidation sites excluding steroid dienone is 4. The molecule has 10 aromatic rings. The summed E-state index contributed by atoms with van der Waals surface area (Å²) >= 11 is 3.44. The van der Waals surface area contributed by atoms with Gasteiger partial charge in [0.2, 0.25) is 0 Å². The number of thiophene rings is 4. The number of halogens is 12. The van der Waals surface area contributed by atoms with Gasteiger partial charge in [0, 0.05) is 85.7 Å². The predicted octanol–water partition coefficient (Wildman–Crippen LogP) is 22.5. The SMILES string of the molecule is Cc1sc(C#CC#Cc2cc(C3=C(c4cc(-c5ccc(N(c6ccccc6)c6ccccc6)cc5)sc4C)C(F)(F)C(F)(F)C3(F)F)c(C)s2)cc1C1=C(c2cc(-c3ccc(N(c4ccccc4)c4ccccc4)cc3)sc2C)C(F)(F)C(F)(F)C1(F)F. The lowest BCUT2D eigenvalue weighted by Crippen LogP contribution is -2.48. The average Bonchev–Trinajstić information content (AvgIpc) is 1.59. The fourth-order valence-corrected chi connectivity index (χ4v) is 15.0. The quantitative estimate of drug-likeness (QED) is 0.0889. The first-order chi connectivity index (χ1) is 41.8. The molecule has 88 heavy (non-hydrogen) atoms. The lowest BCUT2D eigenvalue weighted by atomic mass is 9.94. The van der Waals surface area contributed by atoms with Crippen LogP contribution in [0.15, 0.2) is 194 Å². The number of alkyl halides is 12. The molecule has 2 aliphatic rings. The molecule has 0 spiro atoms. The van der Waals surface area contributed by atoms with Crippen LogP contribution >= 0.6 is 45.3 Å². The van der Waals surface area contributed by atoms with Crippen molar-refractivity contribution >= 4 is 102 Å². The van der Waals surface area contributed by atoms with E-state index in [1.807, 2.05) is 131 Å². The van der Waals surface area contributed by atoms with E-state index in [0.29, 0.717) is 20.9 Å². The largest absolute Gasteiger partial charge is 0.380 e. The van der Waals surface area contributed by atoms with Crippen molar-refractivity contribution in [2.45, 2.75) is 63.2 Å². The summed E-state index contributed by atoms with van der Waals surface area (Å²) in [5.41, 5.74) is -2.41. The molecule has 0 amide bonds. The van der Waals surface area contributed by atoms with Gasteiger partial charge >= 0.3 is 35.5 Å². The highest BCUT2D eigenvalue weighted by atomic mass is 32.1. The van der Waals surface area contributed by atoms with Crippen LogP contribution in [0.4, 0.5) is 86.8 Å². The molecule has 2 aliphatic carbocycles. The van der Waals surface area contributed by atoms with Gasteiger partial charge in [-0.1, -0.05) is 97.1 Å². The Balaban J connectivity index is 0.845. The highest BCUT2D eigenvalue weighted by Gasteiger charge is 2.81. The van der Waals surface area contributed by atoms with E-state index in [9.17, 15) is 0 Å². The van der Waals surface area contributed by atoms with Gasteiger partial charge in [0.25, 0.3) is 0 Å². The number of rotatable bonds is 12. The summed E-state index contributed by atoms with van der Waals surface area (Å²) in [5, 5.41) is 0. The van der Waals surface area contributed by atoms with E-state index in [1.165, 1.54) is 39.8 Å². The van der Waals surface area contributed by atoms with Crippen LogP contribution in [-0.2, 0) is 0 Å². The van der Waals surface area contributed by atoms with Crippen molar-refractivity contribution in [2.75, 3.05) is 9.80 Å². The molecule has 0 aliphatic heterocycles. The van der Waals surface area contributed by atoms with Crippen LogP contribution in [0.3, 0.4) is 0 Å². The van der Waals surface area contributed by atoms with Gasteiger partial charge in [0.15, 0.2) is 0 Å². The lowest BCUT2D eigenvalue weighted by molar-refractivity contribution is -0.254. The van der Waals surface area contributed by atoms with Gasteiger partial charge in [0.05, 0.1) is 9.75 Å². The van der Waals surface area contributed by atoms with Crippen LogP contribution in [-0.4, -0.2) is 35.5 Å². The van der Waals surface area contributed by atoms with Crippen molar-refractivity contribution in [3.8, 4) is 44.6 Å². The van der Waals surface area contributed by atoms with Crippen LogP contribution in [0.2, 0.25) is 0 Å². The maximum atomic E-state index is 16.2. The van der Waals surface area contributed by atoms with Crippen LogP contribution < -0.4 is 9.80 Å². The summed E-state index contributed by atoms with van der Waals surface area (Å²) < 4.78 is 192. The van der Waals surface area contributed by atoms with Gasteiger partial charge in [-0.3, -0.25) is 0 Å². The summed E-state index contributed by atoms with van der Waals surface area (Å²) in [6, 6.07) is 56.6. The number of hydrogen-bond donors (Lipinski definition) is 0. The van der Waals surface area contributed by atoms with Crippen molar-refractivity contribution in [2.24, 2.45) is 0 Å². The highest BCUT2D eigenvalue weighted by molar-refractivity contribution is 7.16. The van der Waals surface area contributed by atoms with E-state index in [1.54, 1.807) is 48.5 Å². The second-order valence-corrected chi connectivity index (χ2v) is 25.9. The minimum atomic E-state index is -5.85. The van der Waals surface area contributed by atoms with E-state index in [-0.39, 0.29) is 29.3 Å². The second-order valence-electron chi connectivity index (χ2n) is 20.9. The number of anilines is 6. The third-order valence-electron chi connectivity index (χ3n) is 15.4. The average molecular weight is 1270 g/mol. The normalized spacial score (nSPS) is 16.7. The fraction of sp³-hybridized carbons (Fsp3) is 0.143. The van der Waals surface area contributed by atoms with Crippen LogP contribution in [0.1, 0.15) is 51.5 Å². The molecule has 0 radical (unpaired) electrons. The van der Waals surface area contributed by atoms with E-state index >= 15 is 52.7 Å². The third-order valence-corrected chi connectivity index (χ3v) is 19.5. The van der Waals surface area contributed by atoms with Crippen LogP contribution in [0.5, 0.6) is 0 Å². The van der Waals surface area contributed by atoms with Gasteiger partial charge in [-0.25, -0.2) is 0 Å². The Morgan fingerprint density at radius 1 is 0.295 bits per heavy atom. The summed E-state index contributed by atoms with van der Waals surface area (Å²) in [6.45, 7) is 5.37.